The highest BCUT2D eigenvalue weighted by molar-refractivity contribution is 5.82. The molecule has 2 aliphatic carbocycles. The number of hydrogen-bond donors (Lipinski definition) is 1. The third kappa shape index (κ3) is 9.20. The van der Waals surface area contributed by atoms with Crippen LogP contribution in [-0.4, -0.2) is 42.7 Å². The van der Waals surface area contributed by atoms with Gasteiger partial charge in [0.05, 0.1) is 18.3 Å². The van der Waals surface area contributed by atoms with E-state index in [-0.39, 0.29) is 19.3 Å². The molecule has 0 heterocycles. The molecule has 0 saturated heterocycles. The lowest BCUT2D eigenvalue weighted by molar-refractivity contribution is -0.129. The van der Waals surface area contributed by atoms with Crippen LogP contribution in [0.15, 0.2) is 0 Å². The van der Waals surface area contributed by atoms with Crippen molar-refractivity contribution in [2.45, 2.75) is 117 Å². The van der Waals surface area contributed by atoms with Crippen LogP contribution in [0, 0.1) is 5.92 Å². The molecule has 0 atom stereocenters. The van der Waals surface area contributed by atoms with Gasteiger partial charge in [0.1, 0.15) is 5.78 Å². The normalized spacial score (nSPS) is 27.3. The standard InChI is InChI=1S/C20H35NO4.C2H6.H2/c1-4-19(22)15-12-16(13-15)21-20(23)6-5-11-24-17-7-9-18(10-8-17)25-14(2)3;1-2;/h14-18H,4-13H2,1-3H3,(H,21,23);1-2H3;1H. The molecule has 0 spiro atoms. The van der Waals surface area contributed by atoms with Crippen molar-refractivity contribution >= 4 is 11.7 Å². The average Bonchev–Trinajstić information content (AvgIpc) is 2.63. The summed E-state index contributed by atoms with van der Waals surface area (Å²) < 4.78 is 11.8. The minimum absolute atomic E-state index is 0. The molecular weight excluding hydrogens is 342 g/mol. The van der Waals surface area contributed by atoms with Crippen LogP contribution in [0.3, 0.4) is 0 Å². The Kier molecular flexibility index (Phi) is 11.8. The number of ether oxygens (including phenoxy) is 2. The lowest BCUT2D eigenvalue weighted by Gasteiger charge is -2.34. The Labute approximate surface area is 167 Å². The molecule has 2 aliphatic rings. The van der Waals surface area contributed by atoms with Gasteiger partial charge in [0, 0.05) is 32.8 Å². The van der Waals surface area contributed by atoms with Crippen molar-refractivity contribution in [3.05, 3.63) is 0 Å². The van der Waals surface area contributed by atoms with E-state index in [0.29, 0.717) is 43.5 Å². The molecule has 5 heteroatoms. The minimum Gasteiger partial charge on any atom is -0.378 e. The Balaban J connectivity index is 0.00000235. The third-order valence-corrected chi connectivity index (χ3v) is 5.29. The molecule has 5 nitrogen and oxygen atoms in total. The largest absolute Gasteiger partial charge is 0.378 e. The molecule has 27 heavy (non-hydrogen) atoms. The van der Waals surface area contributed by atoms with Crippen molar-refractivity contribution in [3.63, 3.8) is 0 Å². The zero-order valence-corrected chi connectivity index (χ0v) is 18.1. The number of carbonyl (C=O) groups excluding carboxylic acids is 2. The zero-order chi connectivity index (χ0) is 20.2. The van der Waals surface area contributed by atoms with Crippen LogP contribution < -0.4 is 5.32 Å². The Morgan fingerprint density at radius 1 is 1.07 bits per heavy atom. The van der Waals surface area contributed by atoms with Gasteiger partial charge in [0.25, 0.3) is 0 Å². The third-order valence-electron chi connectivity index (χ3n) is 5.29. The van der Waals surface area contributed by atoms with Crippen molar-refractivity contribution in [2.24, 2.45) is 5.92 Å². The first-order valence-electron chi connectivity index (χ1n) is 11.1. The topological polar surface area (TPSA) is 64.6 Å². The first kappa shape index (κ1) is 24.1. The summed E-state index contributed by atoms with van der Waals surface area (Å²) in [5.41, 5.74) is 0. The highest BCUT2D eigenvalue weighted by atomic mass is 16.5. The summed E-state index contributed by atoms with van der Waals surface area (Å²) in [7, 11) is 0. The van der Waals surface area contributed by atoms with Crippen LogP contribution >= 0.6 is 0 Å². The van der Waals surface area contributed by atoms with Gasteiger partial charge < -0.3 is 14.8 Å². The number of nitrogens with one attached hydrogen (secondary N) is 1. The molecule has 1 N–H and O–H groups in total. The smallest absolute Gasteiger partial charge is 0.220 e. The number of rotatable bonds is 10. The second-order valence-corrected chi connectivity index (χ2v) is 7.81. The van der Waals surface area contributed by atoms with Crippen LogP contribution in [0.25, 0.3) is 0 Å². The van der Waals surface area contributed by atoms with Gasteiger partial charge in [-0.2, -0.15) is 0 Å². The summed E-state index contributed by atoms with van der Waals surface area (Å²) >= 11 is 0. The van der Waals surface area contributed by atoms with E-state index < -0.39 is 0 Å². The molecule has 0 aromatic carbocycles. The Morgan fingerprint density at radius 3 is 2.22 bits per heavy atom. The molecule has 0 aromatic rings. The van der Waals surface area contributed by atoms with Gasteiger partial charge in [-0.25, -0.2) is 0 Å². The van der Waals surface area contributed by atoms with E-state index in [0.717, 1.165) is 44.9 Å². The van der Waals surface area contributed by atoms with E-state index in [1.54, 1.807) is 0 Å². The summed E-state index contributed by atoms with van der Waals surface area (Å²) in [4.78, 5) is 23.4. The quantitative estimate of drug-likeness (QED) is 0.555. The van der Waals surface area contributed by atoms with E-state index in [4.69, 9.17) is 9.47 Å². The molecule has 0 unspecified atom stereocenters. The van der Waals surface area contributed by atoms with Gasteiger partial charge in [-0.3, -0.25) is 9.59 Å². The summed E-state index contributed by atoms with van der Waals surface area (Å²) in [5, 5.41) is 3.02. The highest BCUT2D eigenvalue weighted by Crippen LogP contribution is 2.29. The molecule has 0 aliphatic heterocycles. The van der Waals surface area contributed by atoms with E-state index >= 15 is 0 Å². The van der Waals surface area contributed by atoms with Crippen LogP contribution in [0.5, 0.6) is 0 Å². The number of Topliss-reactive ketones (excluding diaryl/α,β-unsaturated/α-hetero) is 1. The Bertz CT molecular complexity index is 430. The number of ketones is 1. The first-order chi connectivity index (χ1) is 13.0. The van der Waals surface area contributed by atoms with Crippen LogP contribution in [-0.2, 0) is 19.1 Å². The van der Waals surface area contributed by atoms with Crippen molar-refractivity contribution in [1.82, 2.24) is 5.32 Å². The molecular formula is C22H43NO4. The lowest BCUT2D eigenvalue weighted by Crippen LogP contribution is -2.46. The summed E-state index contributed by atoms with van der Waals surface area (Å²) in [6.45, 7) is 10.7. The van der Waals surface area contributed by atoms with Gasteiger partial charge in [0.15, 0.2) is 0 Å². The van der Waals surface area contributed by atoms with Gasteiger partial charge in [-0.1, -0.05) is 20.8 Å². The van der Waals surface area contributed by atoms with E-state index in [1.807, 2.05) is 20.8 Å². The summed E-state index contributed by atoms with van der Waals surface area (Å²) in [6.07, 6.45) is 8.77. The average molecular weight is 386 g/mol. The molecule has 0 aromatic heterocycles. The Hall–Kier alpha value is -0.940. The fraction of sp³-hybridized carbons (Fsp3) is 0.909. The van der Waals surface area contributed by atoms with Gasteiger partial charge in [-0.15, -0.1) is 0 Å². The predicted molar refractivity (Wildman–Crippen MR) is 111 cm³/mol. The van der Waals surface area contributed by atoms with Crippen LogP contribution in [0.2, 0.25) is 0 Å². The maximum atomic E-state index is 11.9. The monoisotopic (exact) mass is 385 g/mol. The van der Waals surface area contributed by atoms with Crippen LogP contribution in [0.1, 0.15) is 93.8 Å². The van der Waals surface area contributed by atoms with Crippen molar-refractivity contribution in [3.8, 4) is 0 Å². The molecule has 160 valence electrons. The van der Waals surface area contributed by atoms with Gasteiger partial charge >= 0.3 is 0 Å². The highest BCUT2D eigenvalue weighted by Gasteiger charge is 2.34. The maximum absolute atomic E-state index is 11.9. The first-order valence-corrected chi connectivity index (χ1v) is 11.1. The number of amides is 1. The van der Waals surface area contributed by atoms with Crippen molar-refractivity contribution in [2.75, 3.05) is 6.61 Å². The molecule has 2 rings (SSSR count). The van der Waals surface area contributed by atoms with E-state index in [1.165, 1.54) is 0 Å². The minimum atomic E-state index is 0. The SMILES string of the molecule is CC.CCC(=O)C1CC(NC(=O)CCCOC2CCC(OC(C)C)CC2)C1.[HH]. The van der Waals surface area contributed by atoms with E-state index in [2.05, 4.69) is 19.2 Å². The number of carbonyl (C=O) groups is 2. The molecule has 0 bridgehead atoms. The molecule has 0 radical (unpaired) electrons. The Morgan fingerprint density at radius 2 is 1.67 bits per heavy atom. The second-order valence-electron chi connectivity index (χ2n) is 7.81. The van der Waals surface area contributed by atoms with Crippen LogP contribution in [0.4, 0.5) is 0 Å². The summed E-state index contributed by atoms with van der Waals surface area (Å²) in [6, 6.07) is 0.199. The molecule has 2 saturated carbocycles. The summed E-state index contributed by atoms with van der Waals surface area (Å²) in [5.74, 6) is 0.589. The lowest BCUT2D eigenvalue weighted by atomic mass is 9.77. The predicted octanol–water partition coefficient (Wildman–Crippen LogP) is 4.67. The fourth-order valence-electron chi connectivity index (χ4n) is 3.79. The second kappa shape index (κ2) is 13.3. The van der Waals surface area contributed by atoms with Crippen molar-refractivity contribution in [1.29, 1.82) is 0 Å². The molecule has 2 fully saturated rings. The van der Waals surface area contributed by atoms with E-state index in [9.17, 15) is 9.59 Å². The van der Waals surface area contributed by atoms with Gasteiger partial charge in [0.2, 0.25) is 5.91 Å². The fourth-order valence-corrected chi connectivity index (χ4v) is 3.79. The number of hydrogen-bond acceptors (Lipinski definition) is 4. The maximum Gasteiger partial charge on any atom is 0.220 e. The molecule has 1 amide bonds. The van der Waals surface area contributed by atoms with Gasteiger partial charge in [-0.05, 0) is 58.8 Å². The van der Waals surface area contributed by atoms with Crippen molar-refractivity contribution < 1.29 is 20.5 Å². The zero-order valence-electron chi connectivity index (χ0n) is 18.1.